The van der Waals surface area contributed by atoms with Gasteiger partial charge in [-0.2, -0.15) is 0 Å². The number of sulfone groups is 1. The number of halogens is 1. The van der Waals surface area contributed by atoms with E-state index in [2.05, 4.69) is 29.8 Å². The number of rotatable bonds is 5. The average Bonchev–Trinajstić information content (AvgIpc) is 2.26. The van der Waals surface area contributed by atoms with Gasteiger partial charge in [-0.1, -0.05) is 48.0 Å². The number of hydrogen-bond donors (Lipinski definition) is 0. The molecule has 0 saturated heterocycles. The summed E-state index contributed by atoms with van der Waals surface area (Å²) in [6.07, 6.45) is 0. The normalized spacial score (nSPS) is 13.9. The second kappa shape index (κ2) is 6.01. The maximum atomic E-state index is 12.3. The number of alkyl halides is 1. The lowest BCUT2D eigenvalue weighted by Crippen LogP contribution is -2.22. The molecule has 1 rings (SSSR count). The fourth-order valence-corrected chi connectivity index (χ4v) is 5.06. The summed E-state index contributed by atoms with van der Waals surface area (Å²) >= 11 is 3.40. The summed E-state index contributed by atoms with van der Waals surface area (Å²) in [5.41, 5.74) is 0.824. The van der Waals surface area contributed by atoms with Crippen LogP contribution in [-0.2, 0) is 9.84 Å². The molecule has 0 aromatic heterocycles. The molecule has 0 bridgehead atoms. The zero-order valence-corrected chi connectivity index (χ0v) is 12.9. The maximum Gasteiger partial charge on any atom is 0.178 e. The predicted molar refractivity (Wildman–Crippen MR) is 75.4 cm³/mol. The van der Waals surface area contributed by atoms with Crippen molar-refractivity contribution in [1.29, 1.82) is 0 Å². The van der Waals surface area contributed by atoms with Crippen LogP contribution in [0.3, 0.4) is 0 Å². The van der Waals surface area contributed by atoms with Crippen molar-refractivity contribution >= 4 is 25.8 Å². The second-order valence-corrected chi connectivity index (χ2v) is 7.36. The van der Waals surface area contributed by atoms with E-state index in [0.29, 0.717) is 10.8 Å². The van der Waals surface area contributed by atoms with Crippen molar-refractivity contribution in [3.63, 3.8) is 0 Å². The van der Waals surface area contributed by atoms with Crippen LogP contribution in [-0.4, -0.2) is 19.5 Å². The maximum absolute atomic E-state index is 12.3. The van der Waals surface area contributed by atoms with Gasteiger partial charge in [-0.15, -0.1) is 0 Å². The van der Waals surface area contributed by atoms with Crippen molar-refractivity contribution in [3.05, 3.63) is 29.8 Å². The summed E-state index contributed by atoms with van der Waals surface area (Å²) in [5.74, 6) is 0.716. The van der Waals surface area contributed by atoms with Gasteiger partial charge in [0.15, 0.2) is 9.84 Å². The Morgan fingerprint density at radius 3 is 2.29 bits per heavy atom. The molecular weight excluding hydrogens is 300 g/mol. The summed E-state index contributed by atoms with van der Waals surface area (Å²) in [6.45, 7) is 5.95. The molecule has 0 heterocycles. The summed E-state index contributed by atoms with van der Waals surface area (Å²) in [5, 5.41) is 0.718. The van der Waals surface area contributed by atoms with E-state index < -0.39 is 9.84 Å². The first kappa shape index (κ1) is 14.7. The molecule has 0 aliphatic carbocycles. The highest BCUT2D eigenvalue weighted by Gasteiger charge is 2.23. The Labute approximate surface area is 112 Å². The van der Waals surface area contributed by atoms with Crippen LogP contribution in [0, 0.1) is 18.8 Å². The van der Waals surface area contributed by atoms with Crippen LogP contribution < -0.4 is 0 Å². The minimum absolute atomic E-state index is 0.152. The molecule has 0 saturated carbocycles. The zero-order chi connectivity index (χ0) is 13.1. The molecule has 0 radical (unpaired) electrons. The lowest BCUT2D eigenvalue weighted by atomic mass is 10.0. The molecule has 1 aromatic rings. The molecule has 0 aliphatic rings. The van der Waals surface area contributed by atoms with E-state index in [4.69, 9.17) is 0 Å². The van der Waals surface area contributed by atoms with E-state index in [0.717, 1.165) is 10.9 Å². The third-order valence-electron chi connectivity index (χ3n) is 3.00. The SMILES string of the molecule is Cc1ccccc1S(=O)(=O)CC(CBr)C(C)C. The molecule has 1 atom stereocenters. The van der Waals surface area contributed by atoms with Crippen LogP contribution in [0.5, 0.6) is 0 Å². The van der Waals surface area contributed by atoms with Gasteiger partial charge < -0.3 is 0 Å². The van der Waals surface area contributed by atoms with Crippen LogP contribution in [0.25, 0.3) is 0 Å². The summed E-state index contributed by atoms with van der Waals surface area (Å²) in [7, 11) is -3.18. The van der Waals surface area contributed by atoms with Gasteiger partial charge >= 0.3 is 0 Å². The fraction of sp³-hybridized carbons (Fsp3) is 0.538. The largest absolute Gasteiger partial charge is 0.224 e. The van der Waals surface area contributed by atoms with Gasteiger partial charge in [0.05, 0.1) is 10.6 Å². The van der Waals surface area contributed by atoms with Crippen LogP contribution >= 0.6 is 15.9 Å². The first-order chi connectivity index (χ1) is 7.88. The van der Waals surface area contributed by atoms with Crippen molar-refractivity contribution in [2.75, 3.05) is 11.1 Å². The van der Waals surface area contributed by atoms with E-state index in [1.54, 1.807) is 12.1 Å². The predicted octanol–water partition coefficient (Wildman–Crippen LogP) is 3.44. The Balaban J connectivity index is 3.01. The Morgan fingerprint density at radius 2 is 1.82 bits per heavy atom. The van der Waals surface area contributed by atoms with Gasteiger partial charge in [0, 0.05) is 5.33 Å². The summed E-state index contributed by atoms with van der Waals surface area (Å²) in [6, 6.07) is 7.17. The number of hydrogen-bond acceptors (Lipinski definition) is 2. The van der Waals surface area contributed by atoms with Crippen molar-refractivity contribution in [3.8, 4) is 0 Å². The first-order valence-corrected chi connectivity index (χ1v) is 8.50. The van der Waals surface area contributed by atoms with E-state index in [-0.39, 0.29) is 11.7 Å². The molecule has 1 unspecified atom stereocenters. The molecule has 4 heteroatoms. The van der Waals surface area contributed by atoms with Crippen LogP contribution in [0.4, 0.5) is 0 Å². The lowest BCUT2D eigenvalue weighted by Gasteiger charge is -2.18. The molecule has 0 amide bonds. The summed E-state index contributed by atoms with van der Waals surface area (Å²) < 4.78 is 24.6. The van der Waals surface area contributed by atoms with Gasteiger partial charge in [0.25, 0.3) is 0 Å². The highest BCUT2D eigenvalue weighted by Crippen LogP contribution is 2.22. The highest BCUT2D eigenvalue weighted by atomic mass is 79.9. The molecule has 2 nitrogen and oxygen atoms in total. The van der Waals surface area contributed by atoms with Gasteiger partial charge in [-0.05, 0) is 30.4 Å². The highest BCUT2D eigenvalue weighted by molar-refractivity contribution is 9.09. The third-order valence-corrected chi connectivity index (χ3v) is 5.83. The van der Waals surface area contributed by atoms with Crippen LogP contribution in [0.1, 0.15) is 19.4 Å². The monoisotopic (exact) mass is 318 g/mol. The molecule has 0 spiro atoms. The van der Waals surface area contributed by atoms with E-state index in [9.17, 15) is 8.42 Å². The zero-order valence-electron chi connectivity index (χ0n) is 10.5. The van der Waals surface area contributed by atoms with Crippen molar-refractivity contribution in [2.45, 2.75) is 25.7 Å². The molecule has 0 fully saturated rings. The lowest BCUT2D eigenvalue weighted by molar-refractivity contribution is 0.461. The van der Waals surface area contributed by atoms with Gasteiger partial charge in [-0.3, -0.25) is 0 Å². The Kier molecular flexibility index (Phi) is 5.20. The molecule has 17 heavy (non-hydrogen) atoms. The standard InChI is InChI=1S/C13H19BrO2S/c1-10(2)12(8-14)9-17(15,16)13-7-5-4-6-11(13)3/h4-7,10,12H,8-9H2,1-3H3. The number of benzene rings is 1. The van der Waals surface area contributed by atoms with Gasteiger partial charge in [0.2, 0.25) is 0 Å². The van der Waals surface area contributed by atoms with Crippen molar-refractivity contribution in [1.82, 2.24) is 0 Å². The van der Waals surface area contributed by atoms with Crippen LogP contribution in [0.15, 0.2) is 29.2 Å². The topological polar surface area (TPSA) is 34.1 Å². The summed E-state index contributed by atoms with van der Waals surface area (Å²) in [4.78, 5) is 0.464. The van der Waals surface area contributed by atoms with E-state index >= 15 is 0 Å². The average molecular weight is 319 g/mol. The quantitative estimate of drug-likeness (QED) is 0.779. The van der Waals surface area contributed by atoms with Gasteiger partial charge in [-0.25, -0.2) is 8.42 Å². The molecule has 96 valence electrons. The number of aryl methyl sites for hydroxylation is 1. The van der Waals surface area contributed by atoms with E-state index in [1.807, 2.05) is 19.1 Å². The minimum atomic E-state index is -3.18. The molecular formula is C13H19BrO2S. The van der Waals surface area contributed by atoms with Crippen LogP contribution in [0.2, 0.25) is 0 Å². The molecule has 1 aromatic carbocycles. The first-order valence-electron chi connectivity index (χ1n) is 5.73. The fourth-order valence-electron chi connectivity index (χ4n) is 1.69. The van der Waals surface area contributed by atoms with E-state index in [1.165, 1.54) is 0 Å². The Morgan fingerprint density at radius 1 is 1.24 bits per heavy atom. The van der Waals surface area contributed by atoms with Crippen molar-refractivity contribution in [2.24, 2.45) is 11.8 Å². The van der Waals surface area contributed by atoms with Gasteiger partial charge in [0.1, 0.15) is 0 Å². The Hall–Kier alpha value is -0.350. The van der Waals surface area contributed by atoms with Crippen molar-refractivity contribution < 1.29 is 8.42 Å². The Bertz CT molecular complexity index is 466. The minimum Gasteiger partial charge on any atom is -0.224 e. The third kappa shape index (κ3) is 3.81. The molecule has 0 N–H and O–H groups in total. The smallest absolute Gasteiger partial charge is 0.178 e. The molecule has 0 aliphatic heterocycles. The second-order valence-electron chi connectivity index (χ2n) is 4.71.